The number of carbonyl (C=O) groups is 2. The second-order valence-corrected chi connectivity index (χ2v) is 5.68. The highest BCUT2D eigenvalue weighted by molar-refractivity contribution is 6.01. The van der Waals surface area contributed by atoms with E-state index in [4.69, 9.17) is 5.11 Å². The molecule has 3 N–H and O–H groups in total. The van der Waals surface area contributed by atoms with E-state index in [9.17, 15) is 14.7 Å². The normalized spacial score (nSPS) is 12.8. The number of benzene rings is 1. The van der Waals surface area contributed by atoms with Crippen molar-refractivity contribution in [3.63, 3.8) is 0 Å². The quantitative estimate of drug-likeness (QED) is 0.730. The van der Waals surface area contributed by atoms with Gasteiger partial charge in [0.25, 0.3) is 0 Å². The van der Waals surface area contributed by atoms with E-state index in [0.717, 1.165) is 0 Å². The van der Waals surface area contributed by atoms with Crippen LogP contribution in [0, 0.1) is 5.41 Å². The number of Topliss-reactive ketones (excluding diaryl/α,β-unsaturated/α-hetero) is 1. The van der Waals surface area contributed by atoms with Crippen molar-refractivity contribution >= 4 is 11.9 Å². The number of carboxylic acid groups (broad SMARTS) is 1. The van der Waals surface area contributed by atoms with Crippen molar-refractivity contribution in [1.82, 2.24) is 5.32 Å². The van der Waals surface area contributed by atoms with Crippen molar-refractivity contribution in [2.45, 2.75) is 33.2 Å². The van der Waals surface area contributed by atoms with Gasteiger partial charge in [0, 0.05) is 5.56 Å². The van der Waals surface area contributed by atoms with Crippen LogP contribution in [-0.4, -0.2) is 28.1 Å². The summed E-state index contributed by atoms with van der Waals surface area (Å²) in [7, 11) is 0. The summed E-state index contributed by atoms with van der Waals surface area (Å²) in [5.41, 5.74) is 0.195. The third kappa shape index (κ3) is 4.99. The average Bonchev–Trinajstić information content (AvgIpc) is 2.25. The topological polar surface area (TPSA) is 86.6 Å². The van der Waals surface area contributed by atoms with Crippen LogP contribution >= 0.6 is 0 Å². The zero-order chi connectivity index (χ0) is 14.6. The van der Waals surface area contributed by atoms with Crippen molar-refractivity contribution < 1.29 is 19.8 Å². The molecule has 0 aromatic heterocycles. The summed E-state index contributed by atoms with van der Waals surface area (Å²) >= 11 is 0. The van der Waals surface area contributed by atoms with Gasteiger partial charge in [-0.3, -0.25) is 4.79 Å². The summed E-state index contributed by atoms with van der Waals surface area (Å²) in [5, 5.41) is 20.3. The van der Waals surface area contributed by atoms with Gasteiger partial charge in [-0.1, -0.05) is 20.8 Å². The Morgan fingerprint density at radius 2 is 1.74 bits per heavy atom. The number of aromatic hydroxyl groups is 1. The molecule has 1 aromatic rings. The van der Waals surface area contributed by atoms with Crippen LogP contribution in [0.2, 0.25) is 0 Å². The van der Waals surface area contributed by atoms with Gasteiger partial charge in [-0.2, -0.15) is 0 Å². The summed E-state index contributed by atoms with van der Waals surface area (Å²) in [6.45, 7) is 5.81. The minimum absolute atomic E-state index is 0.0649. The number of amides is 1. The average molecular weight is 265 g/mol. The standard InChI is InChI=1S/C14H19NO4/c1-14(2,3)8-11(15-13(18)19)12(17)9-4-6-10(16)7-5-9/h4-7,11,15-16H,8H2,1-3H3,(H,18,19)/t11-/m0/s1. The lowest BCUT2D eigenvalue weighted by Crippen LogP contribution is -2.42. The lowest BCUT2D eigenvalue weighted by Gasteiger charge is -2.25. The molecule has 0 radical (unpaired) electrons. The summed E-state index contributed by atoms with van der Waals surface area (Å²) in [4.78, 5) is 23.0. The predicted octanol–water partition coefficient (Wildman–Crippen LogP) is 2.65. The summed E-state index contributed by atoms with van der Waals surface area (Å²) in [6, 6.07) is 4.99. The molecule has 1 aromatic carbocycles. The van der Waals surface area contributed by atoms with Crippen LogP contribution in [-0.2, 0) is 0 Å². The van der Waals surface area contributed by atoms with E-state index in [0.29, 0.717) is 12.0 Å². The fraction of sp³-hybridized carbons (Fsp3) is 0.429. The van der Waals surface area contributed by atoms with E-state index in [1.54, 1.807) is 0 Å². The van der Waals surface area contributed by atoms with Gasteiger partial charge < -0.3 is 15.5 Å². The molecular weight excluding hydrogens is 246 g/mol. The molecule has 0 heterocycles. The van der Waals surface area contributed by atoms with Gasteiger partial charge in [0.2, 0.25) is 0 Å². The molecule has 1 rings (SSSR count). The number of rotatable bonds is 4. The second kappa shape index (κ2) is 5.73. The SMILES string of the molecule is CC(C)(C)C[C@H](NC(=O)O)C(=O)c1ccc(O)cc1. The maximum absolute atomic E-state index is 12.3. The Bertz CT molecular complexity index is 459. The predicted molar refractivity (Wildman–Crippen MR) is 71.5 cm³/mol. The molecule has 1 atom stereocenters. The number of nitrogens with one attached hydrogen (secondary N) is 1. The van der Waals surface area contributed by atoms with Gasteiger partial charge in [-0.05, 0) is 36.1 Å². The van der Waals surface area contributed by atoms with E-state index in [1.807, 2.05) is 20.8 Å². The first-order chi connectivity index (χ1) is 8.69. The van der Waals surface area contributed by atoms with Gasteiger partial charge >= 0.3 is 6.09 Å². The van der Waals surface area contributed by atoms with E-state index in [-0.39, 0.29) is 16.9 Å². The van der Waals surface area contributed by atoms with Gasteiger partial charge in [-0.25, -0.2) is 4.79 Å². The van der Waals surface area contributed by atoms with Crippen LogP contribution in [0.3, 0.4) is 0 Å². The monoisotopic (exact) mass is 265 g/mol. The first-order valence-corrected chi connectivity index (χ1v) is 6.02. The largest absolute Gasteiger partial charge is 0.508 e. The Hall–Kier alpha value is -2.04. The van der Waals surface area contributed by atoms with Gasteiger partial charge in [-0.15, -0.1) is 0 Å². The first kappa shape index (κ1) is 15.0. The number of carbonyl (C=O) groups excluding carboxylic acids is 1. The first-order valence-electron chi connectivity index (χ1n) is 6.02. The molecule has 0 saturated carbocycles. The molecule has 0 aliphatic rings. The summed E-state index contributed by atoms with van der Waals surface area (Å²) < 4.78 is 0. The van der Waals surface area contributed by atoms with Crippen LogP contribution in [0.5, 0.6) is 5.75 Å². The molecule has 5 nitrogen and oxygen atoms in total. The highest BCUT2D eigenvalue weighted by Gasteiger charge is 2.27. The van der Waals surface area contributed by atoms with Gasteiger partial charge in [0.05, 0.1) is 6.04 Å². The maximum Gasteiger partial charge on any atom is 0.405 e. The molecule has 0 unspecified atom stereocenters. The van der Waals surface area contributed by atoms with Crippen LogP contribution in [0.15, 0.2) is 24.3 Å². The fourth-order valence-corrected chi connectivity index (χ4v) is 1.80. The van der Waals surface area contributed by atoms with Crippen LogP contribution in [0.4, 0.5) is 4.79 Å². The van der Waals surface area contributed by atoms with Crippen molar-refractivity contribution in [3.05, 3.63) is 29.8 Å². The van der Waals surface area contributed by atoms with Crippen LogP contribution in [0.1, 0.15) is 37.6 Å². The molecule has 0 aliphatic heterocycles. The molecule has 0 spiro atoms. The van der Waals surface area contributed by atoms with Crippen LogP contribution < -0.4 is 5.32 Å². The lowest BCUT2D eigenvalue weighted by molar-refractivity contribution is 0.0908. The molecule has 0 bridgehead atoms. The Kier molecular flexibility index (Phi) is 4.53. The van der Waals surface area contributed by atoms with Gasteiger partial charge in [0.1, 0.15) is 5.75 Å². The van der Waals surface area contributed by atoms with Crippen molar-refractivity contribution in [2.75, 3.05) is 0 Å². The molecule has 104 valence electrons. The minimum Gasteiger partial charge on any atom is -0.508 e. The van der Waals surface area contributed by atoms with Crippen LogP contribution in [0.25, 0.3) is 0 Å². The lowest BCUT2D eigenvalue weighted by atomic mass is 9.85. The molecule has 0 aliphatic carbocycles. The maximum atomic E-state index is 12.3. The number of phenolic OH excluding ortho intramolecular Hbond substituents is 1. The number of hydrogen-bond donors (Lipinski definition) is 3. The smallest absolute Gasteiger partial charge is 0.405 e. The van der Waals surface area contributed by atoms with E-state index >= 15 is 0 Å². The highest BCUT2D eigenvalue weighted by Crippen LogP contribution is 2.23. The van der Waals surface area contributed by atoms with Crippen molar-refractivity contribution in [3.8, 4) is 5.75 Å². The summed E-state index contributed by atoms with van der Waals surface area (Å²) in [5.74, 6) is -0.229. The molecular formula is C14H19NO4. The Morgan fingerprint density at radius 3 is 2.16 bits per heavy atom. The zero-order valence-corrected chi connectivity index (χ0v) is 11.3. The fourth-order valence-electron chi connectivity index (χ4n) is 1.80. The Labute approximate surface area is 112 Å². The minimum atomic E-state index is -1.22. The van der Waals surface area contributed by atoms with E-state index in [2.05, 4.69) is 5.32 Å². The number of ketones is 1. The Balaban J connectivity index is 2.93. The van der Waals surface area contributed by atoms with Gasteiger partial charge in [0.15, 0.2) is 5.78 Å². The molecule has 19 heavy (non-hydrogen) atoms. The molecule has 0 saturated heterocycles. The summed E-state index contributed by atoms with van der Waals surface area (Å²) in [6.07, 6.45) is -0.819. The van der Waals surface area contributed by atoms with Crippen molar-refractivity contribution in [1.29, 1.82) is 0 Å². The zero-order valence-electron chi connectivity index (χ0n) is 11.3. The molecule has 1 amide bonds. The third-order valence-corrected chi connectivity index (χ3v) is 2.58. The molecule has 0 fully saturated rings. The second-order valence-electron chi connectivity index (χ2n) is 5.68. The Morgan fingerprint density at radius 1 is 1.21 bits per heavy atom. The number of phenols is 1. The van der Waals surface area contributed by atoms with Crippen molar-refractivity contribution in [2.24, 2.45) is 5.41 Å². The number of hydrogen-bond acceptors (Lipinski definition) is 3. The van der Waals surface area contributed by atoms with E-state index < -0.39 is 12.1 Å². The third-order valence-electron chi connectivity index (χ3n) is 2.58. The molecule has 5 heteroatoms. The highest BCUT2D eigenvalue weighted by atomic mass is 16.4. The van der Waals surface area contributed by atoms with E-state index in [1.165, 1.54) is 24.3 Å².